The van der Waals surface area contributed by atoms with Crippen molar-refractivity contribution in [2.24, 2.45) is 0 Å². The third-order valence-corrected chi connectivity index (χ3v) is 7.83. The Morgan fingerprint density at radius 1 is 1.02 bits per heavy atom. The number of hydrogen-bond donors (Lipinski definition) is 0. The average Bonchev–Trinajstić information content (AvgIpc) is 3.70. The van der Waals surface area contributed by atoms with E-state index in [9.17, 15) is 18.0 Å². The number of aromatic nitrogens is 1. The third-order valence-electron chi connectivity index (χ3n) is 6.87. The molecule has 0 N–H and O–H groups in total. The normalized spacial score (nSPS) is 14.0. The third kappa shape index (κ3) is 6.64. The van der Waals surface area contributed by atoms with Crippen LogP contribution in [0.25, 0.3) is 11.3 Å². The molecule has 3 aromatic carbocycles. The fourth-order valence-corrected chi connectivity index (χ4v) is 5.54. The fraction of sp³-hybridized carbons (Fsp3) is 0.267. The highest BCUT2D eigenvalue weighted by atomic mass is 35.5. The lowest BCUT2D eigenvalue weighted by Gasteiger charge is -2.18. The number of esters is 1. The maximum atomic E-state index is 12.9. The van der Waals surface area contributed by atoms with E-state index in [1.165, 1.54) is 12.1 Å². The fourth-order valence-electron chi connectivity index (χ4n) is 4.63. The molecule has 0 bridgehead atoms. The Labute approximate surface area is 254 Å². The molecule has 12 heteroatoms. The summed E-state index contributed by atoms with van der Waals surface area (Å²) in [7, 11) is 1.14. The number of alkyl halides is 3. The standard InChI is InChI=1S/C30H23Cl3F3NO5/c1-15(17-10-18(29(38)39-2)12-20(11-17)41-30(34,35)36)21-9-8-19(13-25(21)33)40-14-22-27(37-42-28(22)16-6-7-16)26-23(31)4-3-5-24(26)32/h3-5,8-13,15-16H,6-7,14H2,1-2H3. The number of halogens is 6. The van der Waals surface area contributed by atoms with Gasteiger partial charge in [-0.2, -0.15) is 0 Å². The van der Waals surface area contributed by atoms with Crippen LogP contribution in [0, 0.1) is 0 Å². The van der Waals surface area contributed by atoms with Crippen molar-refractivity contribution in [1.82, 2.24) is 5.16 Å². The minimum absolute atomic E-state index is 0.0909. The van der Waals surface area contributed by atoms with Crippen LogP contribution in [0.4, 0.5) is 13.2 Å². The zero-order chi connectivity index (χ0) is 30.2. The Morgan fingerprint density at radius 3 is 2.36 bits per heavy atom. The summed E-state index contributed by atoms with van der Waals surface area (Å²) < 4.78 is 59.3. The molecule has 1 aliphatic rings. The molecule has 4 aromatic rings. The zero-order valence-corrected chi connectivity index (χ0v) is 24.5. The summed E-state index contributed by atoms with van der Waals surface area (Å²) in [5.74, 6) is -0.454. The Balaban J connectivity index is 1.40. The zero-order valence-electron chi connectivity index (χ0n) is 22.2. The number of ether oxygens (including phenoxy) is 3. The molecule has 0 spiro atoms. The topological polar surface area (TPSA) is 70.8 Å². The van der Waals surface area contributed by atoms with Crippen LogP contribution in [-0.4, -0.2) is 24.6 Å². The van der Waals surface area contributed by atoms with Crippen LogP contribution < -0.4 is 9.47 Å². The van der Waals surface area contributed by atoms with Gasteiger partial charge in [-0.25, -0.2) is 4.79 Å². The maximum Gasteiger partial charge on any atom is 0.573 e. The van der Waals surface area contributed by atoms with E-state index in [0.29, 0.717) is 43.2 Å². The van der Waals surface area contributed by atoms with E-state index in [4.69, 9.17) is 48.8 Å². The number of nitrogens with zero attached hydrogens (tertiary/aromatic N) is 1. The maximum absolute atomic E-state index is 12.9. The van der Waals surface area contributed by atoms with Crippen molar-refractivity contribution < 1.29 is 36.7 Å². The van der Waals surface area contributed by atoms with Gasteiger partial charge in [0.1, 0.15) is 29.6 Å². The highest BCUT2D eigenvalue weighted by Crippen LogP contribution is 2.46. The van der Waals surface area contributed by atoms with Gasteiger partial charge in [0.25, 0.3) is 0 Å². The number of carbonyl (C=O) groups excluding carboxylic acids is 1. The number of carbonyl (C=O) groups is 1. The first-order valence-electron chi connectivity index (χ1n) is 12.8. The summed E-state index contributed by atoms with van der Waals surface area (Å²) in [5.41, 5.74) is 2.67. The Hall–Kier alpha value is -3.40. The lowest BCUT2D eigenvalue weighted by atomic mass is 9.91. The number of methoxy groups -OCH3 is 1. The molecule has 1 aromatic heterocycles. The summed E-state index contributed by atoms with van der Waals surface area (Å²) in [6.45, 7) is 1.85. The Morgan fingerprint density at radius 2 is 1.74 bits per heavy atom. The van der Waals surface area contributed by atoms with Gasteiger partial charge in [0.05, 0.1) is 28.3 Å². The van der Waals surface area contributed by atoms with E-state index in [2.05, 4.69) is 9.89 Å². The molecule has 1 atom stereocenters. The molecule has 1 heterocycles. The van der Waals surface area contributed by atoms with E-state index < -0.39 is 24.0 Å². The second-order valence-electron chi connectivity index (χ2n) is 9.77. The van der Waals surface area contributed by atoms with Gasteiger partial charge >= 0.3 is 12.3 Å². The van der Waals surface area contributed by atoms with E-state index >= 15 is 0 Å². The summed E-state index contributed by atoms with van der Waals surface area (Å²) >= 11 is 19.5. The molecule has 5 rings (SSSR count). The highest BCUT2D eigenvalue weighted by Gasteiger charge is 2.34. The van der Waals surface area contributed by atoms with Crippen LogP contribution in [0.1, 0.15) is 64.4 Å². The monoisotopic (exact) mass is 639 g/mol. The molecular formula is C30H23Cl3F3NO5. The van der Waals surface area contributed by atoms with E-state index in [1.54, 1.807) is 43.3 Å². The van der Waals surface area contributed by atoms with Crippen LogP contribution in [0.5, 0.6) is 11.5 Å². The first kappa shape index (κ1) is 30.1. The molecule has 1 fully saturated rings. The van der Waals surface area contributed by atoms with Gasteiger partial charge in [-0.3, -0.25) is 0 Å². The largest absolute Gasteiger partial charge is 0.573 e. The lowest BCUT2D eigenvalue weighted by molar-refractivity contribution is -0.274. The molecule has 1 unspecified atom stereocenters. The molecule has 220 valence electrons. The van der Waals surface area contributed by atoms with Crippen LogP contribution >= 0.6 is 34.8 Å². The summed E-state index contributed by atoms with van der Waals surface area (Å²) in [6.07, 6.45) is -2.99. The Kier molecular flexibility index (Phi) is 8.64. The van der Waals surface area contributed by atoms with Gasteiger partial charge in [-0.15, -0.1) is 13.2 Å². The molecular weight excluding hydrogens is 618 g/mol. The van der Waals surface area contributed by atoms with Crippen LogP contribution in [-0.2, 0) is 11.3 Å². The molecule has 1 saturated carbocycles. The van der Waals surface area contributed by atoms with Gasteiger partial charge in [0.15, 0.2) is 0 Å². The number of hydrogen-bond acceptors (Lipinski definition) is 6. The quantitative estimate of drug-likeness (QED) is 0.170. The molecule has 42 heavy (non-hydrogen) atoms. The predicted octanol–water partition coefficient (Wildman–Crippen LogP) is 9.60. The van der Waals surface area contributed by atoms with Crippen molar-refractivity contribution >= 4 is 40.8 Å². The van der Waals surface area contributed by atoms with Crippen LogP contribution in [0.15, 0.2) is 59.1 Å². The molecule has 0 saturated heterocycles. The first-order valence-corrected chi connectivity index (χ1v) is 13.9. The van der Waals surface area contributed by atoms with Crippen LogP contribution in [0.3, 0.4) is 0 Å². The minimum Gasteiger partial charge on any atom is -0.489 e. The van der Waals surface area contributed by atoms with Gasteiger partial charge in [0.2, 0.25) is 0 Å². The van der Waals surface area contributed by atoms with E-state index in [-0.39, 0.29) is 18.1 Å². The molecule has 0 amide bonds. The number of rotatable bonds is 9. The SMILES string of the molecule is COC(=O)c1cc(OC(F)(F)F)cc(C(C)c2ccc(OCc3c(-c4c(Cl)cccc4Cl)noc3C3CC3)cc2Cl)c1. The van der Waals surface area contributed by atoms with E-state index in [0.717, 1.165) is 37.3 Å². The summed E-state index contributed by atoms with van der Waals surface area (Å²) in [5, 5.41) is 5.43. The molecule has 0 radical (unpaired) electrons. The highest BCUT2D eigenvalue weighted by molar-refractivity contribution is 6.39. The smallest absolute Gasteiger partial charge is 0.489 e. The minimum atomic E-state index is -4.94. The van der Waals surface area contributed by atoms with Crippen molar-refractivity contribution in [3.05, 3.63) is 97.7 Å². The van der Waals surface area contributed by atoms with E-state index in [1.807, 2.05) is 0 Å². The second kappa shape index (κ2) is 12.1. The summed E-state index contributed by atoms with van der Waals surface area (Å²) in [4.78, 5) is 12.1. The summed E-state index contributed by atoms with van der Waals surface area (Å²) in [6, 6.07) is 13.8. The van der Waals surface area contributed by atoms with Gasteiger partial charge < -0.3 is 18.7 Å². The van der Waals surface area contributed by atoms with Gasteiger partial charge in [-0.05, 0) is 66.4 Å². The predicted molar refractivity (Wildman–Crippen MR) is 152 cm³/mol. The average molecular weight is 641 g/mol. The van der Waals surface area contributed by atoms with Crippen molar-refractivity contribution in [3.8, 4) is 22.8 Å². The number of benzene rings is 3. The molecule has 1 aliphatic carbocycles. The molecule has 6 nitrogen and oxygen atoms in total. The van der Waals surface area contributed by atoms with Gasteiger partial charge in [0, 0.05) is 22.4 Å². The molecule has 0 aliphatic heterocycles. The second-order valence-corrected chi connectivity index (χ2v) is 11.0. The van der Waals surface area contributed by atoms with Crippen molar-refractivity contribution in [2.45, 2.75) is 44.6 Å². The van der Waals surface area contributed by atoms with Crippen molar-refractivity contribution in [3.63, 3.8) is 0 Å². The van der Waals surface area contributed by atoms with Gasteiger partial charge in [-0.1, -0.05) is 59.0 Å². The first-order chi connectivity index (χ1) is 19.9. The lowest BCUT2D eigenvalue weighted by Crippen LogP contribution is -2.18. The van der Waals surface area contributed by atoms with Crippen molar-refractivity contribution in [1.29, 1.82) is 0 Å². The Bertz CT molecular complexity index is 1610. The van der Waals surface area contributed by atoms with Crippen molar-refractivity contribution in [2.75, 3.05) is 7.11 Å². The van der Waals surface area contributed by atoms with Crippen LogP contribution in [0.2, 0.25) is 15.1 Å².